The van der Waals surface area contributed by atoms with Crippen LogP contribution in [0.25, 0.3) is 0 Å². The molecule has 126 valence electrons. The van der Waals surface area contributed by atoms with Crippen LogP contribution in [0.15, 0.2) is 30.3 Å². The molecular weight excluding hydrogens is 357 g/mol. The minimum absolute atomic E-state index is 0.239. The summed E-state index contributed by atoms with van der Waals surface area (Å²) < 4.78 is 10.4. The summed E-state index contributed by atoms with van der Waals surface area (Å²) in [5.41, 5.74) is 0.873. The lowest BCUT2D eigenvalue weighted by molar-refractivity contribution is 0.220. The Bertz CT molecular complexity index is 816. The Morgan fingerprint density at radius 3 is 2.42 bits per heavy atom. The lowest BCUT2D eigenvalue weighted by atomic mass is 10.2. The van der Waals surface area contributed by atoms with Crippen molar-refractivity contribution in [2.75, 3.05) is 29.7 Å². The molecule has 0 fully saturated rings. The Morgan fingerprint density at radius 1 is 1.04 bits per heavy atom. The quantitative estimate of drug-likeness (QED) is 0.848. The van der Waals surface area contributed by atoms with E-state index in [1.165, 1.54) is 26.4 Å². The van der Waals surface area contributed by atoms with Gasteiger partial charge in [0.2, 0.25) is 0 Å². The predicted octanol–water partition coefficient (Wildman–Crippen LogP) is 4.17. The van der Waals surface area contributed by atoms with Crippen molar-refractivity contribution < 1.29 is 19.5 Å². The fraction of sp³-hybridized carbons (Fsp3) is 0.133. The first-order valence-electron chi connectivity index (χ1n) is 6.77. The molecule has 0 unspecified atom stereocenters. The number of carbonyl (C=O) groups is 1. The van der Waals surface area contributed by atoms with Crippen molar-refractivity contribution in [3.05, 3.63) is 40.4 Å². The van der Waals surface area contributed by atoms with Gasteiger partial charge in [0.25, 0.3) is 0 Å². The van der Waals surface area contributed by atoms with Crippen LogP contribution in [0.3, 0.4) is 0 Å². The average molecular weight is 370 g/mol. The molecular formula is C15H13Cl2N3O4. The Labute approximate surface area is 147 Å². The Kier molecular flexibility index (Phi) is 4.31. The van der Waals surface area contributed by atoms with E-state index in [-0.39, 0.29) is 21.4 Å². The van der Waals surface area contributed by atoms with Gasteiger partial charge in [0.05, 0.1) is 30.0 Å². The van der Waals surface area contributed by atoms with E-state index in [1.54, 1.807) is 18.2 Å². The van der Waals surface area contributed by atoms with Crippen molar-refractivity contribution in [3.8, 4) is 11.5 Å². The maximum absolute atomic E-state index is 12.5. The van der Waals surface area contributed by atoms with Crippen LogP contribution in [-0.2, 0) is 0 Å². The van der Waals surface area contributed by atoms with E-state index in [4.69, 9.17) is 32.7 Å². The zero-order valence-corrected chi connectivity index (χ0v) is 14.2. The van der Waals surface area contributed by atoms with E-state index in [2.05, 4.69) is 5.32 Å². The molecule has 0 aromatic heterocycles. The molecule has 0 aliphatic carbocycles. The number of methoxy groups -OCH3 is 2. The molecule has 2 N–H and O–H groups in total. The third kappa shape index (κ3) is 2.66. The Hall–Kier alpha value is -2.35. The highest BCUT2D eigenvalue weighted by molar-refractivity contribution is 6.42. The number of nitrogens with zero attached hydrogens (tertiary/aromatic N) is 2. The molecule has 0 atom stereocenters. The van der Waals surface area contributed by atoms with E-state index >= 15 is 0 Å². The van der Waals surface area contributed by atoms with Gasteiger partial charge in [-0.15, -0.1) is 0 Å². The SMILES string of the molecule is COc1ccc(OC)c(N2C(=O)Nc3cc(Cl)c(Cl)cc3N2O)c1. The van der Waals surface area contributed by atoms with E-state index in [0.717, 1.165) is 5.01 Å². The molecule has 1 aliphatic rings. The van der Waals surface area contributed by atoms with Crippen molar-refractivity contribution >= 4 is 46.3 Å². The van der Waals surface area contributed by atoms with Crippen LogP contribution < -0.4 is 25.0 Å². The van der Waals surface area contributed by atoms with Gasteiger partial charge in [-0.05, 0) is 24.3 Å². The highest BCUT2D eigenvalue weighted by Crippen LogP contribution is 2.41. The van der Waals surface area contributed by atoms with Gasteiger partial charge < -0.3 is 14.8 Å². The van der Waals surface area contributed by atoms with Crippen LogP contribution in [0.1, 0.15) is 0 Å². The normalized spacial score (nSPS) is 13.5. The average Bonchev–Trinajstić information content (AvgIpc) is 2.57. The van der Waals surface area contributed by atoms with E-state index in [9.17, 15) is 10.0 Å². The number of nitrogens with one attached hydrogen (secondary N) is 1. The monoisotopic (exact) mass is 369 g/mol. The van der Waals surface area contributed by atoms with Gasteiger partial charge >= 0.3 is 6.03 Å². The highest BCUT2D eigenvalue weighted by atomic mass is 35.5. The Morgan fingerprint density at radius 2 is 1.75 bits per heavy atom. The molecule has 24 heavy (non-hydrogen) atoms. The van der Waals surface area contributed by atoms with Gasteiger partial charge in [-0.1, -0.05) is 23.2 Å². The first-order chi connectivity index (χ1) is 11.5. The van der Waals surface area contributed by atoms with E-state index in [0.29, 0.717) is 22.4 Å². The van der Waals surface area contributed by atoms with Crippen molar-refractivity contribution in [1.82, 2.24) is 0 Å². The number of anilines is 3. The lowest BCUT2D eigenvalue weighted by Crippen LogP contribution is -2.51. The maximum atomic E-state index is 12.5. The van der Waals surface area contributed by atoms with Crippen LogP contribution in [0.5, 0.6) is 11.5 Å². The highest BCUT2D eigenvalue weighted by Gasteiger charge is 2.33. The lowest BCUT2D eigenvalue weighted by Gasteiger charge is -2.36. The van der Waals surface area contributed by atoms with Crippen molar-refractivity contribution in [1.29, 1.82) is 0 Å². The second-order valence-electron chi connectivity index (χ2n) is 4.85. The predicted molar refractivity (Wildman–Crippen MR) is 91.8 cm³/mol. The molecule has 0 saturated heterocycles. The topological polar surface area (TPSA) is 74.3 Å². The second-order valence-corrected chi connectivity index (χ2v) is 5.67. The minimum atomic E-state index is -0.602. The summed E-state index contributed by atoms with van der Waals surface area (Å²) in [6, 6.07) is 7.16. The zero-order valence-electron chi connectivity index (χ0n) is 12.7. The third-order valence-electron chi connectivity index (χ3n) is 3.49. The van der Waals surface area contributed by atoms with Gasteiger partial charge in [-0.2, -0.15) is 10.2 Å². The van der Waals surface area contributed by atoms with Gasteiger partial charge in [0.15, 0.2) is 0 Å². The van der Waals surface area contributed by atoms with Crippen LogP contribution in [-0.4, -0.2) is 25.5 Å². The molecule has 0 bridgehead atoms. The third-order valence-corrected chi connectivity index (χ3v) is 4.21. The van der Waals surface area contributed by atoms with Crippen molar-refractivity contribution in [2.24, 2.45) is 0 Å². The maximum Gasteiger partial charge on any atom is 0.347 e. The molecule has 0 saturated carbocycles. The first kappa shape index (κ1) is 16.5. The number of benzene rings is 2. The molecule has 1 aliphatic heterocycles. The first-order valence-corrected chi connectivity index (χ1v) is 7.53. The largest absolute Gasteiger partial charge is 0.497 e. The number of hydrazine groups is 1. The fourth-order valence-corrected chi connectivity index (χ4v) is 2.66. The minimum Gasteiger partial charge on any atom is -0.497 e. The zero-order chi connectivity index (χ0) is 17.4. The van der Waals surface area contributed by atoms with Crippen molar-refractivity contribution in [3.63, 3.8) is 0 Å². The molecule has 2 aromatic rings. The summed E-state index contributed by atoms with van der Waals surface area (Å²) in [6.45, 7) is 0. The standard InChI is InChI=1S/C15H13Cl2N3O4/c1-23-8-3-4-14(24-2)13(5-8)19-15(21)18-11-6-9(16)10(17)7-12(11)20(19)22/h3-7,22H,1-2H3,(H,18,21). The van der Waals surface area contributed by atoms with Crippen LogP contribution in [0.4, 0.5) is 21.9 Å². The summed E-state index contributed by atoms with van der Waals surface area (Å²) in [7, 11) is 2.95. The second kappa shape index (κ2) is 6.27. The van der Waals surface area contributed by atoms with Gasteiger partial charge in [0, 0.05) is 6.07 Å². The van der Waals surface area contributed by atoms with Crippen molar-refractivity contribution in [2.45, 2.75) is 0 Å². The molecule has 9 heteroatoms. The van der Waals surface area contributed by atoms with Gasteiger partial charge in [-0.25, -0.2) is 4.79 Å². The smallest absolute Gasteiger partial charge is 0.347 e. The van der Waals surface area contributed by atoms with Gasteiger partial charge in [0.1, 0.15) is 22.9 Å². The molecule has 2 amide bonds. The number of hydrogen-bond donors (Lipinski definition) is 2. The van der Waals surface area contributed by atoms with E-state index in [1.807, 2.05) is 0 Å². The van der Waals surface area contributed by atoms with Crippen LogP contribution in [0.2, 0.25) is 10.0 Å². The van der Waals surface area contributed by atoms with Crippen LogP contribution in [0, 0.1) is 0 Å². The molecule has 1 heterocycles. The fourth-order valence-electron chi connectivity index (χ4n) is 2.34. The number of carbonyl (C=O) groups excluding carboxylic acids is 1. The van der Waals surface area contributed by atoms with Crippen LogP contribution >= 0.6 is 23.2 Å². The summed E-state index contributed by atoms with van der Waals surface area (Å²) >= 11 is 11.9. The number of rotatable bonds is 3. The molecule has 3 rings (SSSR count). The van der Waals surface area contributed by atoms with E-state index < -0.39 is 6.03 Å². The number of ether oxygens (including phenoxy) is 2. The molecule has 2 aromatic carbocycles. The molecule has 0 spiro atoms. The summed E-state index contributed by atoms with van der Waals surface area (Å²) in [4.78, 5) is 12.5. The number of halogens is 2. The van der Waals surface area contributed by atoms with Gasteiger partial charge in [-0.3, -0.25) is 5.21 Å². The number of amides is 2. The molecule has 7 nitrogen and oxygen atoms in total. The Balaban J connectivity index is 2.12. The summed E-state index contributed by atoms with van der Waals surface area (Å²) in [5, 5.41) is 15.4. The number of urea groups is 1. The summed E-state index contributed by atoms with van der Waals surface area (Å²) in [5.74, 6) is 0.862. The summed E-state index contributed by atoms with van der Waals surface area (Å²) in [6.07, 6.45) is 0. The number of hydrogen-bond acceptors (Lipinski definition) is 5. The number of fused-ring (bicyclic) bond motifs is 1. The molecule has 0 radical (unpaired) electrons.